The molecule has 7 nitrogen and oxygen atoms in total. The Morgan fingerprint density at radius 2 is 1.64 bits per heavy atom. The number of carbonyl (C=O) groups excluding carboxylic acids is 1. The van der Waals surface area contributed by atoms with Gasteiger partial charge in [0.2, 0.25) is 10.0 Å². The largest absolute Gasteiger partial charge is 0.309 e. The van der Waals surface area contributed by atoms with Gasteiger partial charge in [-0.05, 0) is 81.5 Å². The van der Waals surface area contributed by atoms with Gasteiger partial charge >= 0.3 is 0 Å². The molecule has 0 bridgehead atoms. The van der Waals surface area contributed by atoms with Crippen molar-refractivity contribution in [1.82, 2.24) is 14.2 Å². The minimum absolute atomic E-state index is 0. The summed E-state index contributed by atoms with van der Waals surface area (Å²) in [4.78, 5) is 22.4. The Labute approximate surface area is 241 Å². The molecule has 0 atom stereocenters. The summed E-state index contributed by atoms with van der Waals surface area (Å²) < 4.78 is 29.2. The summed E-state index contributed by atoms with van der Waals surface area (Å²) in [5.41, 5.74) is 3.35. The van der Waals surface area contributed by atoms with E-state index in [1.807, 2.05) is 70.4 Å². The Hall–Kier alpha value is -2.82. The minimum atomic E-state index is -3.72. The topological polar surface area (TPSA) is 73.8 Å². The van der Waals surface area contributed by atoms with Crippen molar-refractivity contribution in [2.45, 2.75) is 31.7 Å². The fourth-order valence-corrected chi connectivity index (χ4v) is 6.72. The number of amides is 1. The molecule has 1 amide bonds. The summed E-state index contributed by atoms with van der Waals surface area (Å²) in [6.45, 7) is 5.83. The van der Waals surface area contributed by atoms with Gasteiger partial charge in [-0.15, -0.1) is 12.4 Å². The number of rotatable bonds is 11. The quantitative estimate of drug-likeness (QED) is 0.221. The highest BCUT2D eigenvalue weighted by Gasteiger charge is 2.25. The summed E-state index contributed by atoms with van der Waals surface area (Å²) in [7, 11) is 0.290. The number of nitrogens with zero attached hydrogens (tertiary/aromatic N) is 4. The van der Waals surface area contributed by atoms with Gasteiger partial charge in [-0.3, -0.25) is 9.69 Å². The molecule has 4 rings (SSSR count). The number of anilines is 1. The van der Waals surface area contributed by atoms with Crippen molar-refractivity contribution in [3.8, 4) is 0 Å². The van der Waals surface area contributed by atoms with E-state index in [2.05, 4.69) is 11.0 Å². The Kier molecular flexibility index (Phi) is 10.6. The zero-order valence-electron chi connectivity index (χ0n) is 22.7. The Bertz CT molecular complexity index is 1490. The van der Waals surface area contributed by atoms with Crippen molar-refractivity contribution in [2.24, 2.45) is 0 Å². The number of hydrogen-bond donors (Lipinski definition) is 0. The van der Waals surface area contributed by atoms with E-state index in [1.165, 1.54) is 27.8 Å². The maximum absolute atomic E-state index is 13.7. The van der Waals surface area contributed by atoms with Gasteiger partial charge in [-0.1, -0.05) is 54.7 Å². The molecule has 0 saturated heterocycles. The second-order valence-electron chi connectivity index (χ2n) is 9.52. The van der Waals surface area contributed by atoms with Gasteiger partial charge in [-0.2, -0.15) is 4.31 Å². The predicted molar refractivity (Wildman–Crippen MR) is 163 cm³/mol. The van der Waals surface area contributed by atoms with Gasteiger partial charge in [0.05, 0.1) is 15.1 Å². The summed E-state index contributed by atoms with van der Waals surface area (Å²) in [5, 5.41) is 0.645. The number of hydrogen-bond acceptors (Lipinski definition) is 6. The fourth-order valence-electron chi connectivity index (χ4n) is 4.19. The lowest BCUT2D eigenvalue weighted by molar-refractivity contribution is 0.0986. The van der Waals surface area contributed by atoms with E-state index < -0.39 is 10.0 Å². The van der Waals surface area contributed by atoms with Crippen LogP contribution in [0.4, 0.5) is 5.13 Å². The highest BCUT2D eigenvalue weighted by atomic mass is 35.5. The number of carbonyl (C=O) groups is 1. The van der Waals surface area contributed by atoms with Crippen molar-refractivity contribution >= 4 is 55.0 Å². The molecule has 1 aromatic heterocycles. The first-order valence-electron chi connectivity index (χ1n) is 12.7. The number of halogens is 1. The van der Waals surface area contributed by atoms with Crippen molar-refractivity contribution in [1.29, 1.82) is 0 Å². The molecule has 0 aliphatic heterocycles. The van der Waals surface area contributed by atoms with Gasteiger partial charge in [0.15, 0.2) is 5.13 Å². The smallest absolute Gasteiger partial charge is 0.260 e. The highest BCUT2D eigenvalue weighted by Crippen LogP contribution is 2.31. The molecule has 3 aromatic carbocycles. The van der Waals surface area contributed by atoms with E-state index in [-0.39, 0.29) is 29.8 Å². The molecule has 0 radical (unpaired) electrons. The lowest BCUT2D eigenvalue weighted by Gasteiger charge is -2.22. The van der Waals surface area contributed by atoms with Crippen molar-refractivity contribution in [3.63, 3.8) is 0 Å². The van der Waals surface area contributed by atoms with Crippen molar-refractivity contribution < 1.29 is 13.2 Å². The molecule has 0 aliphatic carbocycles. The highest BCUT2D eigenvalue weighted by molar-refractivity contribution is 7.89. The van der Waals surface area contributed by atoms with E-state index in [1.54, 1.807) is 17.0 Å². The SMILES string of the molecule is CCN(Cc1ccccc1)S(=O)(=O)c1ccc(C(=O)N(CCCN(C)C)c2nc3ccc(C)cc3s2)cc1.Cl. The normalized spacial score (nSPS) is 11.6. The zero-order valence-corrected chi connectivity index (χ0v) is 25.2. The standard InChI is InChI=1S/C29H34N4O3S2.ClH/c1-5-32(21-23-10-7-6-8-11-23)38(35,36)25-15-13-24(14-16-25)28(34)33(19-9-18-31(3)4)29-30-26-17-12-22(2)20-27(26)37-29;/h6-8,10-17,20H,5,9,18-19,21H2,1-4H3;1H. The van der Waals surface area contributed by atoms with E-state index in [0.717, 1.165) is 34.3 Å². The number of thiazole rings is 1. The van der Waals surface area contributed by atoms with Crippen LogP contribution in [0, 0.1) is 6.92 Å². The van der Waals surface area contributed by atoms with Crippen molar-refractivity contribution in [2.75, 3.05) is 38.6 Å². The summed E-state index contributed by atoms with van der Waals surface area (Å²) in [5.74, 6) is -0.194. The number of benzene rings is 3. The van der Waals surface area contributed by atoms with Crippen LogP contribution in [0.3, 0.4) is 0 Å². The lowest BCUT2D eigenvalue weighted by Crippen LogP contribution is -2.33. The molecular weight excluding hydrogens is 552 g/mol. The molecule has 0 spiro atoms. The van der Waals surface area contributed by atoms with Gasteiger partial charge < -0.3 is 4.90 Å². The summed E-state index contributed by atoms with van der Waals surface area (Å²) in [6.07, 6.45) is 0.783. The molecule has 208 valence electrons. The third kappa shape index (κ3) is 7.43. The molecular formula is C29H35ClN4O3S2. The van der Waals surface area contributed by atoms with E-state index in [9.17, 15) is 13.2 Å². The van der Waals surface area contributed by atoms with Crippen LogP contribution < -0.4 is 4.90 Å². The van der Waals surface area contributed by atoms with Gasteiger partial charge in [0.1, 0.15) is 0 Å². The monoisotopic (exact) mass is 586 g/mol. The Morgan fingerprint density at radius 3 is 2.28 bits per heavy atom. The molecule has 4 aromatic rings. The minimum Gasteiger partial charge on any atom is -0.309 e. The second kappa shape index (κ2) is 13.5. The van der Waals surface area contributed by atoms with E-state index in [0.29, 0.717) is 23.8 Å². The number of aromatic nitrogens is 1. The molecule has 0 saturated carbocycles. The predicted octanol–water partition coefficient (Wildman–Crippen LogP) is 5.84. The first-order chi connectivity index (χ1) is 18.2. The molecule has 0 unspecified atom stereocenters. The van der Waals surface area contributed by atoms with Gasteiger partial charge in [0, 0.05) is 25.2 Å². The molecule has 0 N–H and O–H groups in total. The second-order valence-corrected chi connectivity index (χ2v) is 12.5. The molecule has 10 heteroatoms. The number of sulfonamides is 1. The van der Waals surface area contributed by atoms with Crippen LogP contribution in [0.25, 0.3) is 10.2 Å². The molecule has 1 heterocycles. The molecule has 39 heavy (non-hydrogen) atoms. The van der Waals surface area contributed by atoms with Crippen molar-refractivity contribution in [3.05, 3.63) is 89.5 Å². The molecule has 0 aliphatic rings. The fraction of sp³-hybridized carbons (Fsp3) is 0.310. The van der Waals surface area contributed by atoms with Crippen LogP contribution in [-0.2, 0) is 16.6 Å². The average molecular weight is 587 g/mol. The summed E-state index contributed by atoms with van der Waals surface area (Å²) in [6, 6.07) is 21.8. The van der Waals surface area contributed by atoms with Crippen LogP contribution in [0.15, 0.2) is 77.7 Å². The third-order valence-electron chi connectivity index (χ3n) is 6.29. The van der Waals surface area contributed by atoms with E-state index in [4.69, 9.17) is 4.98 Å². The molecule has 0 fully saturated rings. The maximum Gasteiger partial charge on any atom is 0.260 e. The zero-order chi connectivity index (χ0) is 27.3. The van der Waals surface area contributed by atoms with Crippen LogP contribution >= 0.6 is 23.7 Å². The van der Waals surface area contributed by atoms with Crippen LogP contribution in [0.5, 0.6) is 0 Å². The van der Waals surface area contributed by atoms with Gasteiger partial charge in [-0.25, -0.2) is 13.4 Å². The number of fused-ring (bicyclic) bond motifs is 1. The average Bonchev–Trinajstić information content (AvgIpc) is 3.32. The summed E-state index contributed by atoms with van der Waals surface area (Å²) >= 11 is 1.49. The van der Waals surface area contributed by atoms with Gasteiger partial charge in [0.25, 0.3) is 5.91 Å². The Morgan fingerprint density at radius 1 is 0.949 bits per heavy atom. The number of aryl methyl sites for hydroxylation is 1. The van der Waals surface area contributed by atoms with Crippen LogP contribution in [0.2, 0.25) is 0 Å². The third-order valence-corrected chi connectivity index (χ3v) is 9.27. The first-order valence-corrected chi connectivity index (χ1v) is 14.9. The first kappa shape index (κ1) is 30.7. The van der Waals surface area contributed by atoms with Crippen LogP contribution in [0.1, 0.15) is 34.8 Å². The maximum atomic E-state index is 13.7. The van der Waals surface area contributed by atoms with Crippen LogP contribution in [-0.4, -0.2) is 62.2 Å². The Balaban J connectivity index is 0.00000420. The van der Waals surface area contributed by atoms with E-state index >= 15 is 0 Å². The lowest BCUT2D eigenvalue weighted by atomic mass is 10.2.